The van der Waals surface area contributed by atoms with Crippen molar-refractivity contribution in [1.82, 2.24) is 0 Å². The van der Waals surface area contributed by atoms with Gasteiger partial charge in [-0.05, 0) is 13.8 Å². The third-order valence-electron chi connectivity index (χ3n) is 1.77. The van der Waals surface area contributed by atoms with Crippen molar-refractivity contribution in [3.63, 3.8) is 0 Å². The van der Waals surface area contributed by atoms with Crippen molar-refractivity contribution >= 4 is 12.0 Å². The highest BCUT2D eigenvalue weighted by molar-refractivity contribution is 6.01. The molecule has 0 bridgehead atoms. The largest absolute Gasteiger partial charge is 0.368 e. The van der Waals surface area contributed by atoms with Crippen molar-refractivity contribution in [3.05, 3.63) is 0 Å². The zero-order valence-corrected chi connectivity index (χ0v) is 9.50. The highest BCUT2D eigenvalue weighted by Gasteiger charge is 2.34. The molecule has 0 radical (unpaired) electrons. The fourth-order valence-electron chi connectivity index (χ4n) is 1.23. The molecular formula is C10H19NO3. The van der Waals surface area contributed by atoms with E-state index in [0.29, 0.717) is 0 Å². The number of hydrogen-bond donors (Lipinski definition) is 1. The fraction of sp³-hybridized carbons (Fsp3) is 0.800. The van der Waals surface area contributed by atoms with Gasteiger partial charge in [0.1, 0.15) is 5.78 Å². The quantitative estimate of drug-likeness (QED) is 0.427. The molecule has 0 amide bonds. The van der Waals surface area contributed by atoms with Crippen molar-refractivity contribution in [2.24, 2.45) is 16.0 Å². The predicted octanol–water partition coefficient (Wildman–Crippen LogP) is 1.58. The van der Waals surface area contributed by atoms with Crippen LogP contribution in [-0.4, -0.2) is 23.9 Å². The van der Waals surface area contributed by atoms with Gasteiger partial charge >= 0.3 is 0 Å². The van der Waals surface area contributed by atoms with Crippen molar-refractivity contribution < 1.29 is 14.7 Å². The molecule has 0 aromatic rings. The minimum Gasteiger partial charge on any atom is -0.368 e. The number of hydrogen-bond acceptors (Lipinski definition) is 4. The van der Waals surface area contributed by atoms with Crippen LogP contribution in [-0.2, 0) is 9.63 Å². The summed E-state index contributed by atoms with van der Waals surface area (Å²) in [5.74, 6) is 0.0790. The number of carbonyl (C=O) groups excluding carboxylic acids is 1. The minimum absolute atomic E-state index is 0.0790. The van der Waals surface area contributed by atoms with Crippen molar-refractivity contribution in [2.45, 2.75) is 34.6 Å². The van der Waals surface area contributed by atoms with Crippen molar-refractivity contribution in [2.75, 3.05) is 6.79 Å². The summed E-state index contributed by atoms with van der Waals surface area (Å²) in [4.78, 5) is 16.3. The van der Waals surface area contributed by atoms with Crippen LogP contribution in [0.3, 0.4) is 0 Å². The smallest absolute Gasteiger partial charge is 0.214 e. The second kappa shape index (κ2) is 4.55. The second-order valence-electron chi connectivity index (χ2n) is 4.79. The molecular weight excluding hydrogens is 182 g/mol. The number of carbonyl (C=O) groups is 1. The molecule has 0 heterocycles. The topological polar surface area (TPSA) is 58.9 Å². The average Bonchev–Trinajstić information content (AvgIpc) is 2.01. The van der Waals surface area contributed by atoms with Gasteiger partial charge in [0.25, 0.3) is 0 Å². The van der Waals surface area contributed by atoms with E-state index in [1.807, 2.05) is 20.8 Å². The zero-order chi connectivity index (χ0) is 11.4. The Morgan fingerprint density at radius 2 is 1.86 bits per heavy atom. The summed E-state index contributed by atoms with van der Waals surface area (Å²) in [6.07, 6.45) is 1.41. The van der Waals surface area contributed by atoms with E-state index in [1.54, 1.807) is 13.8 Å². The Hall–Kier alpha value is -0.900. The van der Waals surface area contributed by atoms with Gasteiger partial charge in [-0.1, -0.05) is 25.9 Å². The molecule has 0 saturated carbocycles. The maximum atomic E-state index is 11.9. The number of rotatable bonds is 4. The molecule has 0 aliphatic rings. The Labute approximate surface area is 84.9 Å². The molecule has 0 spiro atoms. The number of ketones is 1. The van der Waals surface area contributed by atoms with E-state index in [-0.39, 0.29) is 5.78 Å². The lowest BCUT2D eigenvalue weighted by Gasteiger charge is -2.26. The van der Waals surface area contributed by atoms with Gasteiger partial charge in [0.2, 0.25) is 6.79 Å². The Bertz CT molecular complexity index is 226. The van der Waals surface area contributed by atoms with Gasteiger partial charge < -0.3 is 9.94 Å². The molecule has 0 saturated heterocycles. The van der Waals surface area contributed by atoms with Crippen LogP contribution in [0, 0.1) is 10.8 Å². The summed E-state index contributed by atoms with van der Waals surface area (Å²) >= 11 is 0. The van der Waals surface area contributed by atoms with Crippen LogP contribution in [0.5, 0.6) is 0 Å². The first-order valence-electron chi connectivity index (χ1n) is 4.54. The summed E-state index contributed by atoms with van der Waals surface area (Å²) in [5.41, 5.74) is -1.08. The first kappa shape index (κ1) is 13.1. The number of Topliss-reactive ketones (excluding diaryl/α,β-unsaturated/α-hetero) is 1. The molecule has 0 atom stereocenters. The van der Waals surface area contributed by atoms with Crippen LogP contribution in [0.15, 0.2) is 5.16 Å². The van der Waals surface area contributed by atoms with Gasteiger partial charge in [0, 0.05) is 5.41 Å². The van der Waals surface area contributed by atoms with Crippen molar-refractivity contribution in [3.8, 4) is 0 Å². The number of nitrogens with zero attached hydrogens (tertiary/aromatic N) is 1. The van der Waals surface area contributed by atoms with Gasteiger partial charge in [0.05, 0.1) is 11.6 Å². The third-order valence-corrected chi connectivity index (χ3v) is 1.77. The van der Waals surface area contributed by atoms with E-state index in [2.05, 4.69) is 9.99 Å². The Balaban J connectivity index is 4.54. The van der Waals surface area contributed by atoms with E-state index >= 15 is 0 Å². The third kappa shape index (κ3) is 3.87. The van der Waals surface area contributed by atoms with Crippen LogP contribution in [0.1, 0.15) is 34.6 Å². The second-order valence-corrected chi connectivity index (χ2v) is 4.79. The van der Waals surface area contributed by atoms with Crippen molar-refractivity contribution in [1.29, 1.82) is 0 Å². The first-order chi connectivity index (χ1) is 6.22. The SMILES string of the molecule is CC(C)(C)C(=O)C(C)(C)C=NOCO. The summed E-state index contributed by atoms with van der Waals surface area (Å²) in [6.45, 7) is 8.64. The van der Waals surface area contributed by atoms with Crippen LogP contribution >= 0.6 is 0 Å². The maximum absolute atomic E-state index is 11.9. The van der Waals surface area contributed by atoms with Gasteiger partial charge in [-0.15, -0.1) is 0 Å². The molecule has 4 nitrogen and oxygen atoms in total. The van der Waals surface area contributed by atoms with Crippen LogP contribution in [0.25, 0.3) is 0 Å². The Morgan fingerprint density at radius 3 is 2.21 bits per heavy atom. The van der Waals surface area contributed by atoms with E-state index in [0.717, 1.165) is 0 Å². The highest BCUT2D eigenvalue weighted by atomic mass is 16.7. The molecule has 0 unspecified atom stereocenters. The molecule has 4 heteroatoms. The monoisotopic (exact) mass is 201 g/mol. The van der Waals surface area contributed by atoms with Crippen LogP contribution in [0.4, 0.5) is 0 Å². The summed E-state index contributed by atoms with van der Waals surface area (Å²) in [6, 6.07) is 0. The van der Waals surface area contributed by atoms with Gasteiger partial charge in [0.15, 0.2) is 0 Å². The van der Waals surface area contributed by atoms with E-state index < -0.39 is 17.6 Å². The van der Waals surface area contributed by atoms with Crippen LogP contribution < -0.4 is 0 Å². The normalized spacial score (nSPS) is 13.3. The molecule has 14 heavy (non-hydrogen) atoms. The van der Waals surface area contributed by atoms with Crippen LogP contribution in [0.2, 0.25) is 0 Å². The van der Waals surface area contributed by atoms with E-state index in [9.17, 15) is 4.79 Å². The summed E-state index contributed by atoms with van der Waals surface area (Å²) in [5, 5.41) is 11.8. The zero-order valence-electron chi connectivity index (χ0n) is 9.50. The van der Waals surface area contributed by atoms with E-state index in [4.69, 9.17) is 5.11 Å². The molecule has 0 rings (SSSR count). The van der Waals surface area contributed by atoms with Gasteiger partial charge in [-0.2, -0.15) is 0 Å². The molecule has 0 aromatic heterocycles. The predicted molar refractivity (Wildman–Crippen MR) is 54.9 cm³/mol. The van der Waals surface area contributed by atoms with Gasteiger partial charge in [-0.3, -0.25) is 4.79 Å². The highest BCUT2D eigenvalue weighted by Crippen LogP contribution is 2.27. The molecule has 0 fully saturated rings. The summed E-state index contributed by atoms with van der Waals surface area (Å²) in [7, 11) is 0. The lowest BCUT2D eigenvalue weighted by atomic mass is 9.75. The van der Waals surface area contributed by atoms with Gasteiger partial charge in [-0.25, -0.2) is 0 Å². The number of aliphatic hydroxyl groups excluding tert-OH is 1. The molecule has 82 valence electrons. The number of oxime groups is 1. The minimum atomic E-state index is -0.673. The average molecular weight is 201 g/mol. The molecule has 1 N–H and O–H groups in total. The first-order valence-corrected chi connectivity index (χ1v) is 4.54. The lowest BCUT2D eigenvalue weighted by molar-refractivity contribution is -0.131. The maximum Gasteiger partial charge on any atom is 0.214 e. The summed E-state index contributed by atoms with van der Waals surface area (Å²) < 4.78 is 0. The Kier molecular flexibility index (Phi) is 4.26. The fourth-order valence-corrected chi connectivity index (χ4v) is 1.23. The molecule has 0 aliphatic carbocycles. The standard InChI is InChI=1S/C10H19NO3/c1-9(2,3)8(13)10(4,5)6-11-14-7-12/h6,12H,7H2,1-5H3. The van der Waals surface area contributed by atoms with E-state index in [1.165, 1.54) is 6.21 Å². The molecule has 0 aromatic carbocycles. The lowest BCUT2D eigenvalue weighted by Crippen LogP contribution is -2.36. The number of aliphatic hydroxyl groups is 1. The molecule has 0 aliphatic heterocycles. The Morgan fingerprint density at radius 1 is 1.36 bits per heavy atom.